The lowest BCUT2D eigenvalue weighted by atomic mass is 9.98. The Hall–Kier alpha value is -4.09. The van der Waals surface area contributed by atoms with Crippen molar-refractivity contribution in [3.63, 3.8) is 0 Å². The Labute approximate surface area is 188 Å². The van der Waals surface area contributed by atoms with Crippen LogP contribution in [0.15, 0.2) is 54.6 Å². The fourth-order valence-corrected chi connectivity index (χ4v) is 3.83. The number of nitrogens with one attached hydrogen (secondary N) is 1. The first-order valence-electron chi connectivity index (χ1n) is 9.64. The number of aromatic nitrogens is 1. The molecule has 2 aromatic carbocycles. The number of alkyl carbamates (subject to hydrolysis) is 1. The summed E-state index contributed by atoms with van der Waals surface area (Å²) in [5.41, 5.74) is 9.75. The second kappa shape index (κ2) is 8.96. The van der Waals surface area contributed by atoms with Crippen LogP contribution in [0.3, 0.4) is 0 Å². The Balaban J connectivity index is 1.37. The van der Waals surface area contributed by atoms with Crippen molar-refractivity contribution in [3.8, 4) is 23.0 Å². The molecule has 1 heterocycles. The largest absolute Gasteiger partial charge is 0.449 e. The van der Waals surface area contributed by atoms with Gasteiger partial charge < -0.3 is 15.8 Å². The summed E-state index contributed by atoms with van der Waals surface area (Å²) in [5.74, 6) is 4.98. The van der Waals surface area contributed by atoms with Gasteiger partial charge in [0.1, 0.15) is 11.8 Å². The van der Waals surface area contributed by atoms with Crippen LogP contribution in [0.5, 0.6) is 0 Å². The number of hydrogen-bond donors (Lipinski definition) is 2. The molecule has 0 saturated carbocycles. The second-order valence-corrected chi connectivity index (χ2v) is 7.33. The van der Waals surface area contributed by atoms with Gasteiger partial charge in [0.15, 0.2) is 0 Å². The zero-order valence-electron chi connectivity index (χ0n) is 16.7. The van der Waals surface area contributed by atoms with Gasteiger partial charge in [-0.2, -0.15) is 0 Å². The maximum absolute atomic E-state index is 12.1. The summed E-state index contributed by atoms with van der Waals surface area (Å²) in [7, 11) is 0. The molecule has 1 aliphatic rings. The van der Waals surface area contributed by atoms with E-state index in [0.717, 1.165) is 28.3 Å². The van der Waals surface area contributed by atoms with Crippen LogP contribution in [0.2, 0.25) is 5.15 Å². The van der Waals surface area contributed by atoms with Gasteiger partial charge in [-0.05, 0) is 22.3 Å². The minimum Gasteiger partial charge on any atom is -0.449 e. The fraction of sp³-hybridized carbons (Fsp3) is 0.130. The Morgan fingerprint density at radius 3 is 2.44 bits per heavy atom. The van der Waals surface area contributed by atoms with Gasteiger partial charge in [-0.3, -0.25) is 10.1 Å². The van der Waals surface area contributed by atoms with Crippen molar-refractivity contribution in [2.75, 3.05) is 18.9 Å². The van der Waals surface area contributed by atoms with E-state index in [9.17, 15) is 14.9 Å². The van der Waals surface area contributed by atoms with Crippen LogP contribution in [0.4, 0.5) is 16.3 Å². The van der Waals surface area contributed by atoms with Crippen LogP contribution >= 0.6 is 11.6 Å². The highest BCUT2D eigenvalue weighted by atomic mass is 35.5. The maximum Gasteiger partial charge on any atom is 0.407 e. The minimum atomic E-state index is -0.668. The number of nitrogens with zero attached hydrogens (tertiary/aromatic N) is 2. The summed E-state index contributed by atoms with van der Waals surface area (Å²) in [6, 6.07) is 17.3. The van der Waals surface area contributed by atoms with E-state index < -0.39 is 11.0 Å². The molecule has 4 rings (SSSR count). The number of fused-ring (bicyclic) bond motifs is 3. The molecule has 0 unspecified atom stereocenters. The third-order valence-corrected chi connectivity index (χ3v) is 5.36. The van der Waals surface area contributed by atoms with E-state index in [1.807, 2.05) is 36.4 Å². The van der Waals surface area contributed by atoms with E-state index in [0.29, 0.717) is 0 Å². The van der Waals surface area contributed by atoms with Crippen molar-refractivity contribution in [2.24, 2.45) is 0 Å². The molecular weight excluding hydrogens is 432 g/mol. The number of amides is 1. The Morgan fingerprint density at radius 2 is 1.81 bits per heavy atom. The molecule has 0 spiro atoms. The lowest BCUT2D eigenvalue weighted by molar-refractivity contribution is -0.384. The smallest absolute Gasteiger partial charge is 0.407 e. The number of nitrogens with two attached hydrogens (primary N) is 1. The van der Waals surface area contributed by atoms with Gasteiger partial charge in [0.2, 0.25) is 5.82 Å². The van der Waals surface area contributed by atoms with Crippen molar-refractivity contribution in [2.45, 2.75) is 5.92 Å². The van der Waals surface area contributed by atoms with E-state index in [1.165, 1.54) is 0 Å². The molecule has 0 atom stereocenters. The lowest BCUT2D eigenvalue weighted by Crippen LogP contribution is -2.26. The maximum atomic E-state index is 12.1. The Morgan fingerprint density at radius 1 is 1.19 bits per heavy atom. The van der Waals surface area contributed by atoms with Crippen molar-refractivity contribution in [1.82, 2.24) is 10.3 Å². The summed E-state index contributed by atoms with van der Waals surface area (Å²) in [5, 5.41) is 13.4. The van der Waals surface area contributed by atoms with Gasteiger partial charge in [-0.15, -0.1) is 0 Å². The predicted molar refractivity (Wildman–Crippen MR) is 120 cm³/mol. The molecular formula is C23H17ClN4O4. The summed E-state index contributed by atoms with van der Waals surface area (Å²) in [4.78, 5) is 26.1. The molecule has 1 aromatic heterocycles. The molecule has 0 bridgehead atoms. The highest BCUT2D eigenvalue weighted by Gasteiger charge is 2.28. The van der Waals surface area contributed by atoms with Crippen molar-refractivity contribution >= 4 is 29.2 Å². The zero-order valence-corrected chi connectivity index (χ0v) is 17.4. The minimum absolute atomic E-state index is 0.0365. The van der Waals surface area contributed by atoms with Crippen LogP contribution in [-0.4, -0.2) is 29.2 Å². The number of nitrogen functional groups attached to an aromatic ring is 1. The first-order valence-corrected chi connectivity index (χ1v) is 10.0. The second-order valence-electron chi connectivity index (χ2n) is 6.97. The highest BCUT2D eigenvalue weighted by molar-refractivity contribution is 6.30. The van der Waals surface area contributed by atoms with E-state index in [4.69, 9.17) is 22.1 Å². The molecule has 32 heavy (non-hydrogen) atoms. The Bertz CT molecular complexity index is 1240. The number of ether oxygens (including phenoxy) is 1. The number of pyridine rings is 1. The number of anilines is 1. The standard InChI is InChI=1S/C23H17ClN4O4/c24-21-14(12-20(28(30)31)22(25)27-21)6-5-11-26-23(29)32-13-19-17-9-3-1-7-15(17)16-8-2-4-10-18(16)19/h1-4,7-10,12,19H,11,13H2,(H2,25,27)(H,26,29). The van der Waals surface area contributed by atoms with Crippen LogP contribution in [-0.2, 0) is 4.74 Å². The highest BCUT2D eigenvalue weighted by Crippen LogP contribution is 2.44. The van der Waals surface area contributed by atoms with E-state index in [1.54, 1.807) is 0 Å². The number of carbonyl (C=O) groups excluding carboxylic acids is 1. The van der Waals surface area contributed by atoms with E-state index in [-0.39, 0.29) is 41.3 Å². The van der Waals surface area contributed by atoms with Crippen LogP contribution in [0, 0.1) is 22.0 Å². The first-order chi connectivity index (χ1) is 15.5. The average molecular weight is 449 g/mol. The quantitative estimate of drug-likeness (QED) is 0.268. The van der Waals surface area contributed by atoms with Gasteiger partial charge in [-0.25, -0.2) is 9.78 Å². The fourth-order valence-electron chi connectivity index (χ4n) is 3.63. The SMILES string of the molecule is Nc1nc(Cl)c(C#CCNC(=O)OCC2c3ccccc3-c3ccccc32)cc1[N+](=O)[O-]. The van der Waals surface area contributed by atoms with Gasteiger partial charge >= 0.3 is 11.8 Å². The van der Waals surface area contributed by atoms with Crippen LogP contribution < -0.4 is 11.1 Å². The van der Waals surface area contributed by atoms with Gasteiger partial charge in [-0.1, -0.05) is 72.0 Å². The number of nitro groups is 1. The molecule has 0 aliphatic heterocycles. The van der Waals surface area contributed by atoms with Crippen molar-refractivity contribution in [3.05, 3.63) is 86.6 Å². The first kappa shape index (κ1) is 21.2. The molecule has 160 valence electrons. The van der Waals surface area contributed by atoms with Crippen molar-refractivity contribution in [1.29, 1.82) is 0 Å². The number of rotatable bonds is 4. The lowest BCUT2D eigenvalue weighted by Gasteiger charge is -2.14. The number of halogens is 1. The van der Waals surface area contributed by atoms with Crippen LogP contribution in [0.25, 0.3) is 11.1 Å². The van der Waals surface area contributed by atoms with Crippen molar-refractivity contribution < 1.29 is 14.5 Å². The number of carbonyl (C=O) groups is 1. The zero-order chi connectivity index (χ0) is 22.7. The molecule has 1 aliphatic carbocycles. The molecule has 3 aromatic rings. The van der Waals surface area contributed by atoms with Gasteiger partial charge in [0.25, 0.3) is 0 Å². The molecule has 8 nitrogen and oxygen atoms in total. The topological polar surface area (TPSA) is 120 Å². The number of benzene rings is 2. The summed E-state index contributed by atoms with van der Waals surface area (Å²) in [6.45, 7) is 0.151. The van der Waals surface area contributed by atoms with E-state index >= 15 is 0 Å². The Kier molecular flexibility index (Phi) is 5.92. The monoisotopic (exact) mass is 448 g/mol. The van der Waals surface area contributed by atoms with Gasteiger partial charge in [0.05, 0.1) is 17.0 Å². The average Bonchev–Trinajstić information content (AvgIpc) is 3.10. The predicted octanol–water partition coefficient (Wildman–Crippen LogP) is 4.12. The molecule has 1 amide bonds. The molecule has 0 radical (unpaired) electrons. The summed E-state index contributed by atoms with van der Waals surface area (Å²) >= 11 is 5.92. The third kappa shape index (κ3) is 4.19. The number of hydrogen-bond acceptors (Lipinski definition) is 6. The molecule has 0 fully saturated rings. The molecule has 9 heteroatoms. The molecule has 0 saturated heterocycles. The summed E-state index contributed by atoms with van der Waals surface area (Å²) < 4.78 is 5.42. The van der Waals surface area contributed by atoms with E-state index in [2.05, 4.69) is 34.3 Å². The normalized spacial score (nSPS) is 11.7. The van der Waals surface area contributed by atoms with Gasteiger partial charge in [0, 0.05) is 12.0 Å². The summed E-state index contributed by atoms with van der Waals surface area (Å²) in [6.07, 6.45) is -0.617. The third-order valence-electron chi connectivity index (χ3n) is 5.07. The van der Waals surface area contributed by atoms with Crippen LogP contribution in [0.1, 0.15) is 22.6 Å². The molecule has 3 N–H and O–H groups in total.